The van der Waals surface area contributed by atoms with Crippen LogP contribution in [0.2, 0.25) is 0 Å². The maximum atomic E-state index is 12.5. The first kappa shape index (κ1) is 16.8. The van der Waals surface area contributed by atoms with E-state index in [1.807, 2.05) is 59.5 Å². The summed E-state index contributed by atoms with van der Waals surface area (Å²) in [5, 5.41) is 9.92. The van der Waals surface area contributed by atoms with Crippen molar-refractivity contribution in [3.8, 4) is 5.69 Å². The van der Waals surface area contributed by atoms with Crippen molar-refractivity contribution in [2.75, 3.05) is 29.9 Å². The number of hydrogen-bond donors (Lipinski definition) is 2. The lowest BCUT2D eigenvalue weighted by Gasteiger charge is -2.28. The van der Waals surface area contributed by atoms with Crippen LogP contribution in [0.3, 0.4) is 0 Å². The van der Waals surface area contributed by atoms with Gasteiger partial charge in [0.05, 0.1) is 24.0 Å². The Kier molecular flexibility index (Phi) is 4.57. The van der Waals surface area contributed by atoms with Crippen molar-refractivity contribution in [3.63, 3.8) is 0 Å². The van der Waals surface area contributed by atoms with E-state index in [4.69, 9.17) is 0 Å². The fourth-order valence-corrected chi connectivity index (χ4v) is 2.98. The van der Waals surface area contributed by atoms with Crippen LogP contribution < -0.4 is 15.5 Å². The molecule has 2 aromatic carbocycles. The number of nitrogens with zero attached hydrogens (tertiary/aromatic N) is 3. The monoisotopic (exact) mass is 361 g/mol. The van der Waals surface area contributed by atoms with E-state index in [2.05, 4.69) is 15.7 Å². The summed E-state index contributed by atoms with van der Waals surface area (Å²) in [6.45, 7) is 1.77. The Balaban J connectivity index is 1.42. The van der Waals surface area contributed by atoms with Crippen molar-refractivity contribution in [2.45, 2.75) is 0 Å². The molecule has 0 radical (unpaired) electrons. The number of nitrogens with one attached hydrogen (secondary N) is 2. The average molecular weight is 361 g/mol. The van der Waals surface area contributed by atoms with Gasteiger partial charge >= 0.3 is 0 Å². The Morgan fingerprint density at radius 1 is 1.04 bits per heavy atom. The van der Waals surface area contributed by atoms with Crippen molar-refractivity contribution in [1.29, 1.82) is 0 Å². The quantitative estimate of drug-likeness (QED) is 0.746. The van der Waals surface area contributed by atoms with Crippen molar-refractivity contribution in [1.82, 2.24) is 15.1 Å². The van der Waals surface area contributed by atoms with E-state index in [1.165, 1.54) is 0 Å². The van der Waals surface area contributed by atoms with Crippen LogP contribution in [0.15, 0.2) is 67.0 Å². The van der Waals surface area contributed by atoms with Gasteiger partial charge in [-0.1, -0.05) is 18.2 Å². The van der Waals surface area contributed by atoms with Gasteiger partial charge in [0, 0.05) is 30.7 Å². The normalized spacial score (nSPS) is 13.9. The van der Waals surface area contributed by atoms with Gasteiger partial charge in [0.2, 0.25) is 5.91 Å². The Hall–Kier alpha value is -3.61. The zero-order valence-electron chi connectivity index (χ0n) is 14.6. The van der Waals surface area contributed by atoms with E-state index in [9.17, 15) is 9.59 Å². The second-order valence-electron chi connectivity index (χ2n) is 6.28. The molecule has 0 unspecified atom stereocenters. The van der Waals surface area contributed by atoms with Gasteiger partial charge in [-0.25, -0.2) is 4.68 Å². The standard InChI is InChI=1S/C20H19N5O2/c26-19-14-24(11-10-21-19)17-8-6-16(7-9-17)23-20(27)15-12-22-25(13-15)18-4-2-1-3-5-18/h1-9,12-13H,10-11,14H2,(H,21,26)(H,23,27). The number of benzene rings is 2. The van der Waals surface area contributed by atoms with Crippen molar-refractivity contribution in [3.05, 3.63) is 72.6 Å². The second-order valence-corrected chi connectivity index (χ2v) is 6.28. The van der Waals surface area contributed by atoms with Crippen LogP contribution in [-0.2, 0) is 4.79 Å². The van der Waals surface area contributed by atoms with E-state index in [-0.39, 0.29) is 11.8 Å². The molecule has 0 bridgehead atoms. The Bertz CT molecular complexity index is 950. The number of para-hydroxylation sites is 1. The number of anilines is 2. The van der Waals surface area contributed by atoms with E-state index < -0.39 is 0 Å². The van der Waals surface area contributed by atoms with Crippen LogP contribution in [0.5, 0.6) is 0 Å². The maximum Gasteiger partial charge on any atom is 0.258 e. The van der Waals surface area contributed by atoms with Gasteiger partial charge in [0.25, 0.3) is 5.91 Å². The minimum absolute atomic E-state index is 0.0223. The molecule has 2 heterocycles. The molecule has 1 fully saturated rings. The molecular formula is C20H19N5O2. The molecule has 27 heavy (non-hydrogen) atoms. The molecule has 7 heteroatoms. The van der Waals surface area contributed by atoms with E-state index in [1.54, 1.807) is 17.1 Å². The number of aromatic nitrogens is 2. The van der Waals surface area contributed by atoms with Crippen molar-refractivity contribution < 1.29 is 9.59 Å². The highest BCUT2D eigenvalue weighted by molar-refractivity contribution is 6.04. The van der Waals surface area contributed by atoms with Gasteiger partial charge in [0.1, 0.15) is 0 Å². The zero-order chi connectivity index (χ0) is 18.6. The largest absolute Gasteiger partial charge is 0.360 e. The van der Waals surface area contributed by atoms with Crippen LogP contribution in [0.4, 0.5) is 11.4 Å². The van der Waals surface area contributed by atoms with Crippen molar-refractivity contribution >= 4 is 23.2 Å². The molecule has 136 valence electrons. The minimum atomic E-state index is -0.220. The summed E-state index contributed by atoms with van der Waals surface area (Å²) in [4.78, 5) is 26.0. The van der Waals surface area contributed by atoms with Crippen LogP contribution >= 0.6 is 0 Å². The fourth-order valence-electron chi connectivity index (χ4n) is 2.98. The summed E-state index contributed by atoms with van der Waals surface area (Å²) >= 11 is 0. The molecule has 1 aliphatic rings. The number of amides is 2. The molecule has 7 nitrogen and oxygen atoms in total. The highest BCUT2D eigenvalue weighted by atomic mass is 16.2. The predicted octanol–water partition coefficient (Wildman–Crippen LogP) is 2.06. The molecule has 2 N–H and O–H groups in total. The summed E-state index contributed by atoms with van der Waals surface area (Å²) in [6, 6.07) is 17.1. The maximum absolute atomic E-state index is 12.5. The van der Waals surface area contributed by atoms with E-state index in [0.29, 0.717) is 24.3 Å². The third kappa shape index (κ3) is 3.82. The third-order valence-corrected chi connectivity index (χ3v) is 4.39. The molecule has 1 aliphatic heterocycles. The number of carbonyl (C=O) groups excluding carboxylic acids is 2. The van der Waals surface area contributed by atoms with Gasteiger partial charge < -0.3 is 15.5 Å². The number of rotatable bonds is 4. The lowest BCUT2D eigenvalue weighted by Crippen LogP contribution is -2.47. The number of carbonyl (C=O) groups is 2. The highest BCUT2D eigenvalue weighted by Crippen LogP contribution is 2.19. The molecule has 1 aromatic heterocycles. The Labute approximate surface area is 156 Å². The molecule has 1 saturated heterocycles. The molecule has 3 aromatic rings. The number of piperazine rings is 1. The lowest BCUT2D eigenvalue weighted by molar-refractivity contribution is -0.120. The minimum Gasteiger partial charge on any atom is -0.360 e. The number of hydrogen-bond acceptors (Lipinski definition) is 4. The summed E-state index contributed by atoms with van der Waals surface area (Å²) in [7, 11) is 0. The predicted molar refractivity (Wildman–Crippen MR) is 103 cm³/mol. The highest BCUT2D eigenvalue weighted by Gasteiger charge is 2.16. The molecule has 0 saturated carbocycles. The van der Waals surface area contributed by atoms with Gasteiger partial charge in [-0.2, -0.15) is 5.10 Å². The van der Waals surface area contributed by atoms with Crippen LogP contribution in [0.25, 0.3) is 5.69 Å². The fraction of sp³-hybridized carbons (Fsp3) is 0.150. The summed E-state index contributed by atoms with van der Waals surface area (Å²) in [6.07, 6.45) is 3.24. The Morgan fingerprint density at radius 3 is 2.56 bits per heavy atom. The molecule has 0 spiro atoms. The van der Waals surface area contributed by atoms with E-state index >= 15 is 0 Å². The van der Waals surface area contributed by atoms with E-state index in [0.717, 1.165) is 17.9 Å². The Morgan fingerprint density at radius 2 is 1.81 bits per heavy atom. The SMILES string of the molecule is O=C1CN(c2ccc(NC(=O)c3cnn(-c4ccccc4)c3)cc2)CCN1. The van der Waals surface area contributed by atoms with Gasteiger partial charge in [0.15, 0.2) is 0 Å². The summed E-state index contributed by atoms with van der Waals surface area (Å²) < 4.78 is 1.67. The van der Waals surface area contributed by atoms with Crippen LogP contribution in [0, 0.1) is 0 Å². The van der Waals surface area contributed by atoms with Gasteiger partial charge in [-0.3, -0.25) is 9.59 Å². The first-order valence-corrected chi connectivity index (χ1v) is 8.72. The van der Waals surface area contributed by atoms with Crippen LogP contribution in [-0.4, -0.2) is 41.2 Å². The lowest BCUT2D eigenvalue weighted by atomic mass is 10.2. The molecule has 0 aliphatic carbocycles. The van der Waals surface area contributed by atoms with Gasteiger partial charge in [-0.15, -0.1) is 0 Å². The topological polar surface area (TPSA) is 79.3 Å². The first-order chi connectivity index (χ1) is 13.2. The third-order valence-electron chi connectivity index (χ3n) is 4.39. The summed E-state index contributed by atoms with van der Waals surface area (Å²) in [5.74, 6) is -0.198. The van der Waals surface area contributed by atoms with Crippen molar-refractivity contribution in [2.24, 2.45) is 0 Å². The molecule has 2 amide bonds. The van der Waals surface area contributed by atoms with Crippen LogP contribution in [0.1, 0.15) is 10.4 Å². The second kappa shape index (κ2) is 7.33. The summed E-state index contributed by atoms with van der Waals surface area (Å²) in [5.41, 5.74) is 3.03. The molecular weight excluding hydrogens is 342 g/mol. The molecule has 0 atom stereocenters. The van der Waals surface area contributed by atoms with Gasteiger partial charge in [-0.05, 0) is 36.4 Å². The molecule has 4 rings (SSSR count). The smallest absolute Gasteiger partial charge is 0.258 e. The average Bonchev–Trinajstić information content (AvgIpc) is 3.20. The first-order valence-electron chi connectivity index (χ1n) is 8.72. The zero-order valence-corrected chi connectivity index (χ0v) is 14.6.